The van der Waals surface area contributed by atoms with Crippen LogP contribution in [0.2, 0.25) is 0 Å². The summed E-state index contributed by atoms with van der Waals surface area (Å²) < 4.78 is 18.2. The van der Waals surface area contributed by atoms with Crippen LogP contribution in [-0.2, 0) is 0 Å². The maximum Gasteiger partial charge on any atom is 0.294 e. The molecule has 0 amide bonds. The lowest BCUT2D eigenvalue weighted by atomic mass is 10.2. The van der Waals surface area contributed by atoms with E-state index in [2.05, 4.69) is 22.0 Å². The standard InChI is InChI=1S/C16H9FN2O/c17-14-9-6-12(7-10-14)8-11-15-18-19-16(20-15)13-4-2-1-3-5-13/h1-7,9-10H. The molecule has 0 fully saturated rings. The first kappa shape index (κ1) is 12.1. The highest BCUT2D eigenvalue weighted by molar-refractivity contribution is 5.52. The summed E-state index contributed by atoms with van der Waals surface area (Å²) in [6.45, 7) is 0. The monoisotopic (exact) mass is 264 g/mol. The lowest BCUT2D eigenvalue weighted by molar-refractivity contribution is 0.555. The molecule has 0 saturated carbocycles. The predicted octanol–water partition coefficient (Wildman–Crippen LogP) is 3.28. The average molecular weight is 264 g/mol. The molecule has 2 aromatic carbocycles. The van der Waals surface area contributed by atoms with Crippen LogP contribution in [0.3, 0.4) is 0 Å². The van der Waals surface area contributed by atoms with E-state index in [1.807, 2.05) is 30.3 Å². The van der Waals surface area contributed by atoms with Crippen LogP contribution in [0.5, 0.6) is 0 Å². The molecule has 0 atom stereocenters. The fraction of sp³-hybridized carbons (Fsp3) is 0. The Morgan fingerprint density at radius 1 is 0.850 bits per heavy atom. The highest BCUT2D eigenvalue weighted by Crippen LogP contribution is 2.16. The highest BCUT2D eigenvalue weighted by atomic mass is 19.1. The van der Waals surface area contributed by atoms with E-state index in [0.29, 0.717) is 11.5 Å². The Hall–Kier alpha value is -2.93. The third-order valence-corrected chi connectivity index (χ3v) is 2.60. The fourth-order valence-corrected chi connectivity index (χ4v) is 1.63. The van der Waals surface area contributed by atoms with Crippen molar-refractivity contribution in [1.82, 2.24) is 10.2 Å². The van der Waals surface area contributed by atoms with Crippen LogP contribution in [0.25, 0.3) is 11.5 Å². The molecule has 0 unspecified atom stereocenters. The molecule has 4 heteroatoms. The number of nitrogens with zero attached hydrogens (tertiary/aromatic N) is 2. The molecule has 0 aliphatic heterocycles. The van der Waals surface area contributed by atoms with E-state index in [0.717, 1.165) is 5.56 Å². The number of benzene rings is 2. The molecular weight excluding hydrogens is 255 g/mol. The first-order valence-electron chi connectivity index (χ1n) is 5.98. The average Bonchev–Trinajstić information content (AvgIpc) is 2.97. The summed E-state index contributed by atoms with van der Waals surface area (Å²) >= 11 is 0. The number of aromatic nitrogens is 2. The summed E-state index contributed by atoms with van der Waals surface area (Å²) in [4.78, 5) is 0. The summed E-state index contributed by atoms with van der Waals surface area (Å²) in [6.07, 6.45) is 0. The summed E-state index contributed by atoms with van der Waals surface area (Å²) in [7, 11) is 0. The zero-order chi connectivity index (χ0) is 13.8. The second-order valence-electron chi connectivity index (χ2n) is 4.04. The fourth-order valence-electron chi connectivity index (χ4n) is 1.63. The van der Waals surface area contributed by atoms with E-state index >= 15 is 0 Å². The Morgan fingerprint density at radius 3 is 2.35 bits per heavy atom. The molecular formula is C16H9FN2O. The Labute approximate surface area is 115 Å². The third kappa shape index (κ3) is 2.73. The molecule has 1 heterocycles. The van der Waals surface area contributed by atoms with Crippen LogP contribution in [0.1, 0.15) is 11.5 Å². The second kappa shape index (κ2) is 5.37. The van der Waals surface area contributed by atoms with E-state index in [1.54, 1.807) is 12.1 Å². The molecule has 0 radical (unpaired) electrons. The van der Waals surface area contributed by atoms with Gasteiger partial charge in [-0.3, -0.25) is 0 Å². The maximum absolute atomic E-state index is 12.8. The minimum Gasteiger partial charge on any atom is -0.410 e. The van der Waals surface area contributed by atoms with Gasteiger partial charge in [-0.1, -0.05) is 29.2 Å². The molecule has 96 valence electrons. The maximum atomic E-state index is 12.8. The Morgan fingerprint density at radius 2 is 1.60 bits per heavy atom. The highest BCUT2D eigenvalue weighted by Gasteiger charge is 2.05. The number of halogens is 1. The van der Waals surface area contributed by atoms with Crippen molar-refractivity contribution in [3.05, 3.63) is 71.9 Å². The molecule has 0 aliphatic carbocycles. The summed E-state index contributed by atoms with van der Waals surface area (Å²) in [5.41, 5.74) is 1.53. The van der Waals surface area contributed by atoms with Crippen LogP contribution >= 0.6 is 0 Å². The van der Waals surface area contributed by atoms with Gasteiger partial charge < -0.3 is 4.42 Å². The van der Waals surface area contributed by atoms with Crippen LogP contribution in [-0.4, -0.2) is 10.2 Å². The lowest BCUT2D eigenvalue weighted by Gasteiger charge is -1.90. The van der Waals surface area contributed by atoms with Gasteiger partial charge >= 0.3 is 0 Å². The zero-order valence-corrected chi connectivity index (χ0v) is 10.4. The van der Waals surface area contributed by atoms with Gasteiger partial charge in [-0.15, -0.1) is 5.10 Å². The van der Waals surface area contributed by atoms with E-state index in [4.69, 9.17) is 4.42 Å². The van der Waals surface area contributed by atoms with E-state index in [9.17, 15) is 4.39 Å². The van der Waals surface area contributed by atoms with E-state index < -0.39 is 0 Å². The summed E-state index contributed by atoms with van der Waals surface area (Å²) in [6, 6.07) is 15.4. The molecule has 20 heavy (non-hydrogen) atoms. The summed E-state index contributed by atoms with van der Waals surface area (Å²) in [5.74, 6) is 5.96. The quantitative estimate of drug-likeness (QED) is 0.633. The number of hydrogen-bond donors (Lipinski definition) is 0. The topological polar surface area (TPSA) is 38.9 Å². The first-order valence-corrected chi connectivity index (χ1v) is 5.98. The van der Waals surface area contributed by atoms with Gasteiger partial charge in [0.05, 0.1) is 0 Å². The van der Waals surface area contributed by atoms with Gasteiger partial charge in [0.25, 0.3) is 5.89 Å². The van der Waals surface area contributed by atoms with Crippen molar-refractivity contribution in [3.8, 4) is 23.3 Å². The molecule has 0 aliphatic rings. The Kier molecular flexibility index (Phi) is 3.25. The SMILES string of the molecule is Fc1ccc(C#Cc2nnc(-c3ccccc3)o2)cc1. The second-order valence-corrected chi connectivity index (χ2v) is 4.04. The first-order chi connectivity index (χ1) is 9.81. The lowest BCUT2D eigenvalue weighted by Crippen LogP contribution is -1.77. The Bertz CT molecular complexity index is 767. The third-order valence-electron chi connectivity index (χ3n) is 2.60. The van der Waals surface area contributed by atoms with Gasteiger partial charge in [0.1, 0.15) is 5.82 Å². The molecule has 0 spiro atoms. The zero-order valence-electron chi connectivity index (χ0n) is 10.4. The molecule has 1 aromatic heterocycles. The van der Waals surface area contributed by atoms with Crippen LogP contribution in [0, 0.1) is 17.7 Å². The minimum atomic E-state index is -0.292. The van der Waals surface area contributed by atoms with Gasteiger partial charge in [0.2, 0.25) is 5.89 Å². The Balaban J connectivity index is 1.83. The molecule has 3 nitrogen and oxygen atoms in total. The van der Waals surface area contributed by atoms with Crippen LogP contribution in [0.15, 0.2) is 59.0 Å². The normalized spacial score (nSPS) is 9.85. The molecule has 0 N–H and O–H groups in total. The van der Waals surface area contributed by atoms with Gasteiger partial charge in [0, 0.05) is 11.1 Å². The van der Waals surface area contributed by atoms with Crippen molar-refractivity contribution >= 4 is 0 Å². The number of rotatable bonds is 1. The summed E-state index contributed by atoms with van der Waals surface area (Å²) in [5, 5.41) is 7.79. The minimum absolute atomic E-state index is 0.230. The molecule has 3 aromatic rings. The van der Waals surface area contributed by atoms with Crippen molar-refractivity contribution < 1.29 is 8.81 Å². The van der Waals surface area contributed by atoms with Gasteiger partial charge in [-0.25, -0.2) is 4.39 Å². The van der Waals surface area contributed by atoms with Crippen molar-refractivity contribution in [2.24, 2.45) is 0 Å². The molecule has 0 saturated heterocycles. The van der Waals surface area contributed by atoms with E-state index in [1.165, 1.54) is 12.1 Å². The van der Waals surface area contributed by atoms with Gasteiger partial charge in [-0.05, 0) is 42.3 Å². The van der Waals surface area contributed by atoms with Crippen molar-refractivity contribution in [1.29, 1.82) is 0 Å². The number of hydrogen-bond acceptors (Lipinski definition) is 3. The molecule has 0 bridgehead atoms. The van der Waals surface area contributed by atoms with Gasteiger partial charge in [0.15, 0.2) is 0 Å². The van der Waals surface area contributed by atoms with Crippen molar-refractivity contribution in [2.75, 3.05) is 0 Å². The van der Waals surface area contributed by atoms with Crippen molar-refractivity contribution in [3.63, 3.8) is 0 Å². The smallest absolute Gasteiger partial charge is 0.294 e. The predicted molar refractivity (Wildman–Crippen MR) is 72.1 cm³/mol. The van der Waals surface area contributed by atoms with Crippen LogP contribution < -0.4 is 0 Å². The van der Waals surface area contributed by atoms with Crippen LogP contribution in [0.4, 0.5) is 4.39 Å². The molecule has 3 rings (SSSR count). The van der Waals surface area contributed by atoms with E-state index in [-0.39, 0.29) is 11.7 Å². The largest absolute Gasteiger partial charge is 0.410 e. The van der Waals surface area contributed by atoms with Gasteiger partial charge in [-0.2, -0.15) is 0 Å². The van der Waals surface area contributed by atoms with Crippen molar-refractivity contribution in [2.45, 2.75) is 0 Å².